The van der Waals surface area contributed by atoms with Crippen molar-refractivity contribution in [1.82, 2.24) is 9.97 Å². The van der Waals surface area contributed by atoms with Crippen LogP contribution in [0.2, 0.25) is 5.02 Å². The minimum Gasteiger partial charge on any atom is -0.423 e. The van der Waals surface area contributed by atoms with Crippen molar-refractivity contribution < 1.29 is 19.2 Å². The molecule has 0 bridgehead atoms. The van der Waals surface area contributed by atoms with Crippen LogP contribution in [0.25, 0.3) is 0 Å². The van der Waals surface area contributed by atoms with Crippen molar-refractivity contribution in [2.24, 2.45) is 0 Å². The van der Waals surface area contributed by atoms with Gasteiger partial charge in [-0.15, -0.1) is 11.8 Å². The fourth-order valence-corrected chi connectivity index (χ4v) is 3.57. The highest BCUT2D eigenvalue weighted by molar-refractivity contribution is 7.98. The van der Waals surface area contributed by atoms with Crippen LogP contribution in [0.15, 0.2) is 59.9 Å². The predicted octanol–water partition coefficient (Wildman–Crippen LogP) is 2.49. The number of anilines is 1. The number of hydrogen-bond donors (Lipinski definition) is 3. The third-order valence-corrected chi connectivity index (χ3v) is 5.19. The van der Waals surface area contributed by atoms with E-state index in [4.69, 9.17) is 11.6 Å². The zero-order valence-electron chi connectivity index (χ0n) is 14.3. The van der Waals surface area contributed by atoms with E-state index in [1.165, 1.54) is 36.2 Å². The number of pyridine rings is 2. The van der Waals surface area contributed by atoms with Gasteiger partial charge < -0.3 is 15.4 Å². The summed E-state index contributed by atoms with van der Waals surface area (Å²) in [6.45, 7) is 0. The molecule has 0 spiro atoms. The number of rotatable bonds is 6. The van der Waals surface area contributed by atoms with Gasteiger partial charge in [-0.05, 0) is 29.2 Å². The Bertz CT molecular complexity index is 992. The topological polar surface area (TPSA) is 95.3 Å². The van der Waals surface area contributed by atoms with Crippen molar-refractivity contribution in [1.29, 1.82) is 0 Å². The summed E-state index contributed by atoms with van der Waals surface area (Å²) in [6, 6.07) is 10.9. The molecule has 0 atom stereocenters. The Morgan fingerprint density at radius 1 is 1.18 bits per heavy atom. The van der Waals surface area contributed by atoms with E-state index in [0.717, 1.165) is 11.8 Å². The molecule has 3 rings (SSSR count). The SMILES string of the molecule is O=C(Nc1ccc(F)cn1)c1cnc(SCc2ccccc2B(O)O)c(Cl)c1. The molecule has 0 saturated heterocycles. The lowest BCUT2D eigenvalue weighted by Gasteiger charge is -2.10. The zero-order chi connectivity index (χ0) is 20.1. The first-order valence-electron chi connectivity index (χ1n) is 8.09. The quantitative estimate of drug-likeness (QED) is 0.421. The minimum atomic E-state index is -1.56. The number of nitrogens with zero attached hydrogens (tertiary/aromatic N) is 2. The van der Waals surface area contributed by atoms with Gasteiger partial charge in [0, 0.05) is 11.9 Å². The van der Waals surface area contributed by atoms with Crippen LogP contribution >= 0.6 is 23.4 Å². The smallest absolute Gasteiger partial charge is 0.423 e. The minimum absolute atomic E-state index is 0.208. The molecule has 0 fully saturated rings. The maximum absolute atomic E-state index is 12.9. The number of carbonyl (C=O) groups is 1. The van der Waals surface area contributed by atoms with Crippen LogP contribution in [0.5, 0.6) is 0 Å². The maximum Gasteiger partial charge on any atom is 0.488 e. The summed E-state index contributed by atoms with van der Waals surface area (Å²) in [5.74, 6) is -0.343. The summed E-state index contributed by atoms with van der Waals surface area (Å²) in [6.07, 6.45) is 2.38. The van der Waals surface area contributed by atoms with Gasteiger partial charge in [0.1, 0.15) is 16.7 Å². The van der Waals surface area contributed by atoms with Crippen molar-refractivity contribution in [2.75, 3.05) is 5.32 Å². The Labute approximate surface area is 169 Å². The highest BCUT2D eigenvalue weighted by atomic mass is 35.5. The van der Waals surface area contributed by atoms with Gasteiger partial charge in [-0.3, -0.25) is 4.79 Å². The number of carbonyl (C=O) groups excluding carboxylic acids is 1. The van der Waals surface area contributed by atoms with E-state index in [-0.39, 0.29) is 16.4 Å². The lowest BCUT2D eigenvalue weighted by Crippen LogP contribution is -2.32. The summed E-state index contributed by atoms with van der Waals surface area (Å²) >= 11 is 7.55. The molecular weight excluding hydrogens is 404 g/mol. The first-order chi connectivity index (χ1) is 13.4. The summed E-state index contributed by atoms with van der Waals surface area (Å²) < 4.78 is 12.9. The van der Waals surface area contributed by atoms with Crippen LogP contribution in [0, 0.1) is 5.82 Å². The highest BCUT2D eigenvalue weighted by Gasteiger charge is 2.16. The Morgan fingerprint density at radius 3 is 2.64 bits per heavy atom. The second kappa shape index (κ2) is 9.16. The van der Waals surface area contributed by atoms with Crippen molar-refractivity contribution in [3.8, 4) is 0 Å². The van der Waals surface area contributed by atoms with Gasteiger partial charge in [-0.2, -0.15) is 0 Å². The van der Waals surface area contributed by atoms with Crippen LogP contribution < -0.4 is 10.8 Å². The van der Waals surface area contributed by atoms with E-state index in [1.54, 1.807) is 24.3 Å². The molecule has 2 heterocycles. The normalized spacial score (nSPS) is 10.6. The summed E-state index contributed by atoms with van der Waals surface area (Å²) in [5, 5.41) is 22.2. The van der Waals surface area contributed by atoms with Crippen molar-refractivity contribution in [2.45, 2.75) is 10.8 Å². The lowest BCUT2D eigenvalue weighted by molar-refractivity contribution is 0.102. The number of amides is 1. The van der Waals surface area contributed by atoms with Crippen LogP contribution in [-0.4, -0.2) is 33.0 Å². The van der Waals surface area contributed by atoms with E-state index in [0.29, 0.717) is 16.2 Å². The molecular formula is C18H14BClFN3O3S. The highest BCUT2D eigenvalue weighted by Crippen LogP contribution is 2.28. The molecule has 6 nitrogen and oxygen atoms in total. The average Bonchev–Trinajstić information content (AvgIpc) is 2.69. The predicted molar refractivity (Wildman–Crippen MR) is 107 cm³/mol. The fourth-order valence-electron chi connectivity index (χ4n) is 2.36. The van der Waals surface area contributed by atoms with E-state index in [1.807, 2.05) is 0 Å². The lowest BCUT2D eigenvalue weighted by atomic mass is 9.77. The van der Waals surface area contributed by atoms with Crippen LogP contribution in [0.4, 0.5) is 10.2 Å². The fraction of sp³-hybridized carbons (Fsp3) is 0.0556. The molecule has 3 aromatic rings. The first kappa shape index (κ1) is 20.3. The maximum atomic E-state index is 12.9. The van der Waals surface area contributed by atoms with Gasteiger partial charge in [0.05, 0.1) is 16.8 Å². The molecule has 0 aliphatic heterocycles. The Balaban J connectivity index is 1.69. The third-order valence-electron chi connectivity index (χ3n) is 3.74. The molecule has 0 unspecified atom stereocenters. The monoisotopic (exact) mass is 417 g/mol. The Kier molecular flexibility index (Phi) is 6.63. The Morgan fingerprint density at radius 2 is 1.96 bits per heavy atom. The van der Waals surface area contributed by atoms with Gasteiger partial charge in [0.25, 0.3) is 5.91 Å². The third kappa shape index (κ3) is 5.08. The second-order valence-electron chi connectivity index (χ2n) is 5.69. The number of benzene rings is 1. The molecule has 28 heavy (non-hydrogen) atoms. The zero-order valence-corrected chi connectivity index (χ0v) is 15.9. The summed E-state index contributed by atoms with van der Waals surface area (Å²) in [7, 11) is -1.56. The van der Waals surface area contributed by atoms with Crippen LogP contribution in [0.1, 0.15) is 15.9 Å². The van der Waals surface area contributed by atoms with Crippen molar-refractivity contribution >= 4 is 47.7 Å². The first-order valence-corrected chi connectivity index (χ1v) is 9.45. The van der Waals surface area contributed by atoms with E-state index >= 15 is 0 Å². The summed E-state index contributed by atoms with van der Waals surface area (Å²) in [5.41, 5.74) is 1.38. The van der Waals surface area contributed by atoms with Crippen molar-refractivity contribution in [3.63, 3.8) is 0 Å². The van der Waals surface area contributed by atoms with E-state index in [9.17, 15) is 19.2 Å². The van der Waals surface area contributed by atoms with E-state index < -0.39 is 18.8 Å². The molecule has 142 valence electrons. The van der Waals surface area contributed by atoms with E-state index in [2.05, 4.69) is 15.3 Å². The average molecular weight is 418 g/mol. The molecule has 2 aromatic heterocycles. The molecule has 3 N–H and O–H groups in total. The molecule has 1 amide bonds. The number of hydrogen-bond acceptors (Lipinski definition) is 6. The summed E-state index contributed by atoms with van der Waals surface area (Å²) in [4.78, 5) is 20.2. The molecule has 0 aliphatic carbocycles. The Hall–Kier alpha value is -2.46. The van der Waals surface area contributed by atoms with Crippen LogP contribution in [0.3, 0.4) is 0 Å². The van der Waals surface area contributed by atoms with Gasteiger partial charge in [0.2, 0.25) is 0 Å². The van der Waals surface area contributed by atoms with Crippen LogP contribution in [-0.2, 0) is 5.75 Å². The molecule has 0 saturated carbocycles. The van der Waals surface area contributed by atoms with Gasteiger partial charge in [-0.1, -0.05) is 35.9 Å². The second-order valence-corrected chi connectivity index (χ2v) is 7.06. The van der Waals surface area contributed by atoms with Gasteiger partial charge >= 0.3 is 7.12 Å². The molecule has 0 radical (unpaired) electrons. The molecule has 1 aromatic carbocycles. The number of halogens is 2. The largest absolute Gasteiger partial charge is 0.488 e. The van der Waals surface area contributed by atoms with Gasteiger partial charge in [0.15, 0.2) is 0 Å². The number of nitrogens with one attached hydrogen (secondary N) is 1. The number of aromatic nitrogens is 2. The molecule has 0 aliphatic rings. The van der Waals surface area contributed by atoms with Gasteiger partial charge in [-0.25, -0.2) is 14.4 Å². The van der Waals surface area contributed by atoms with Crippen molar-refractivity contribution in [3.05, 3.63) is 76.8 Å². The number of thioether (sulfide) groups is 1. The molecule has 10 heteroatoms. The standard InChI is InChI=1S/C18H14BClFN3O3S/c20-15-7-12(17(25)24-16-6-5-13(21)9-22-16)8-23-18(15)28-10-11-3-1-2-4-14(11)19(26)27/h1-9,26-27H,10H2,(H,22,24,25).